The van der Waals surface area contributed by atoms with E-state index < -0.39 is 10.9 Å². The normalized spacial score (nSPS) is 39.1. The fourth-order valence-corrected chi connectivity index (χ4v) is 6.61. The molecule has 0 bridgehead atoms. The van der Waals surface area contributed by atoms with Gasteiger partial charge < -0.3 is 10.4 Å². The number of aliphatic hydroxyl groups excluding tert-OH is 1. The summed E-state index contributed by atoms with van der Waals surface area (Å²) in [5.41, 5.74) is 0.885. The lowest BCUT2D eigenvalue weighted by Gasteiger charge is -2.42. The second-order valence-corrected chi connectivity index (χ2v) is 8.80. The minimum Gasteiger partial charge on any atom is -0.387 e. The van der Waals surface area contributed by atoms with Crippen molar-refractivity contribution in [2.45, 2.75) is 61.8 Å². The van der Waals surface area contributed by atoms with Gasteiger partial charge in [0.1, 0.15) is 5.78 Å². The predicted molar refractivity (Wildman–Crippen MR) is 94.0 cm³/mol. The van der Waals surface area contributed by atoms with E-state index in [2.05, 4.69) is 10.3 Å². The standard InChI is InChI=1S/C18H24N2O3S/c21-12-6-7-15-18(8-12)16(14(22)9-19-15)13(10-24-18)17(23)20-11-4-2-1-3-5-11/h7,9,11,13-14,16,22H,1-6,8,10H2,(H,20,23). The van der Waals surface area contributed by atoms with E-state index in [0.717, 1.165) is 18.5 Å². The van der Waals surface area contributed by atoms with Crippen LogP contribution in [0.3, 0.4) is 0 Å². The number of aliphatic hydroxyl groups is 1. The Morgan fingerprint density at radius 3 is 2.92 bits per heavy atom. The molecule has 1 saturated heterocycles. The molecule has 4 unspecified atom stereocenters. The molecule has 0 aromatic rings. The number of nitrogens with zero attached hydrogens (tertiary/aromatic N) is 1. The molecule has 4 rings (SSSR count). The summed E-state index contributed by atoms with van der Waals surface area (Å²) in [5, 5.41) is 13.7. The number of ketones is 1. The van der Waals surface area contributed by atoms with Crippen LogP contribution in [0, 0.1) is 11.8 Å². The monoisotopic (exact) mass is 348 g/mol. The largest absolute Gasteiger partial charge is 0.387 e. The molecular formula is C18H24N2O3S. The lowest BCUT2D eigenvalue weighted by atomic mass is 9.70. The number of rotatable bonds is 2. The molecule has 5 nitrogen and oxygen atoms in total. The quantitative estimate of drug-likeness (QED) is 0.798. The van der Waals surface area contributed by atoms with Crippen LogP contribution in [0.25, 0.3) is 0 Å². The second-order valence-electron chi connectivity index (χ2n) is 7.45. The zero-order valence-corrected chi connectivity index (χ0v) is 14.6. The van der Waals surface area contributed by atoms with Gasteiger partial charge >= 0.3 is 0 Å². The Labute approximate surface area is 146 Å². The minimum absolute atomic E-state index is 0.0444. The summed E-state index contributed by atoms with van der Waals surface area (Å²) < 4.78 is -0.502. The lowest BCUT2D eigenvalue weighted by molar-refractivity contribution is -0.129. The van der Waals surface area contributed by atoms with Gasteiger partial charge in [0.25, 0.3) is 0 Å². The van der Waals surface area contributed by atoms with Gasteiger partial charge in [-0.1, -0.05) is 25.3 Å². The number of thioether (sulfide) groups is 1. The molecule has 6 heteroatoms. The van der Waals surface area contributed by atoms with Crippen molar-refractivity contribution in [1.82, 2.24) is 5.32 Å². The summed E-state index contributed by atoms with van der Waals surface area (Å²) in [4.78, 5) is 29.3. The van der Waals surface area contributed by atoms with Crippen LogP contribution in [0.4, 0.5) is 0 Å². The number of nitrogens with one attached hydrogen (secondary N) is 1. The zero-order chi connectivity index (χ0) is 16.7. The molecule has 0 aromatic heterocycles. The Morgan fingerprint density at radius 1 is 1.33 bits per heavy atom. The third-order valence-corrected chi connectivity index (χ3v) is 7.60. The zero-order valence-electron chi connectivity index (χ0n) is 13.7. The van der Waals surface area contributed by atoms with E-state index in [-0.39, 0.29) is 29.6 Å². The van der Waals surface area contributed by atoms with Crippen LogP contribution in [0.2, 0.25) is 0 Å². The highest BCUT2D eigenvalue weighted by molar-refractivity contribution is 8.01. The molecule has 4 aliphatic rings. The van der Waals surface area contributed by atoms with Gasteiger partial charge in [0, 0.05) is 36.8 Å². The first-order valence-electron chi connectivity index (χ1n) is 8.99. The van der Waals surface area contributed by atoms with Gasteiger partial charge in [-0.3, -0.25) is 14.6 Å². The van der Waals surface area contributed by atoms with Gasteiger partial charge in [0.2, 0.25) is 5.91 Å². The van der Waals surface area contributed by atoms with Crippen LogP contribution in [-0.2, 0) is 9.59 Å². The molecule has 2 aliphatic heterocycles. The minimum atomic E-state index is -0.759. The molecule has 2 heterocycles. The van der Waals surface area contributed by atoms with Crippen LogP contribution in [0.5, 0.6) is 0 Å². The molecular weight excluding hydrogens is 324 g/mol. The maximum Gasteiger partial charge on any atom is 0.224 e. The highest BCUT2D eigenvalue weighted by atomic mass is 32.2. The topological polar surface area (TPSA) is 78.8 Å². The fourth-order valence-electron chi connectivity index (χ4n) is 4.73. The van der Waals surface area contributed by atoms with Gasteiger partial charge in [0.05, 0.1) is 22.5 Å². The van der Waals surface area contributed by atoms with E-state index in [1.54, 1.807) is 18.0 Å². The molecule has 1 spiro atoms. The summed E-state index contributed by atoms with van der Waals surface area (Å²) in [5.74, 6) is 0.359. The van der Waals surface area contributed by atoms with Crippen molar-refractivity contribution in [2.24, 2.45) is 16.8 Å². The Balaban J connectivity index is 1.57. The van der Waals surface area contributed by atoms with E-state index in [4.69, 9.17) is 0 Å². The highest BCUT2D eigenvalue weighted by Crippen LogP contribution is 2.57. The van der Waals surface area contributed by atoms with E-state index in [1.165, 1.54) is 19.3 Å². The third kappa shape index (κ3) is 2.64. The van der Waals surface area contributed by atoms with Crippen LogP contribution < -0.4 is 5.32 Å². The molecule has 1 amide bonds. The first-order chi connectivity index (χ1) is 11.6. The summed E-state index contributed by atoms with van der Waals surface area (Å²) in [6, 6.07) is 0.269. The number of aliphatic imine (C=N–C) groups is 1. The number of Topliss-reactive ketones (excluding diaryl/α,β-unsaturated/α-hetero) is 1. The van der Waals surface area contributed by atoms with Gasteiger partial charge in [0.15, 0.2) is 0 Å². The predicted octanol–water partition coefficient (Wildman–Crippen LogP) is 1.85. The fraction of sp³-hybridized carbons (Fsp3) is 0.722. The summed E-state index contributed by atoms with van der Waals surface area (Å²) in [6.45, 7) is 0. The van der Waals surface area contributed by atoms with Crippen LogP contribution >= 0.6 is 11.8 Å². The summed E-state index contributed by atoms with van der Waals surface area (Å²) in [6.07, 6.45) is 9.18. The Morgan fingerprint density at radius 2 is 2.12 bits per heavy atom. The molecule has 2 aliphatic carbocycles. The number of hydrogen-bond acceptors (Lipinski definition) is 5. The van der Waals surface area contributed by atoms with Crippen LogP contribution in [-0.4, -0.2) is 45.7 Å². The summed E-state index contributed by atoms with van der Waals surface area (Å²) in [7, 11) is 0. The summed E-state index contributed by atoms with van der Waals surface area (Å²) >= 11 is 1.64. The Hall–Kier alpha value is -1.14. The van der Waals surface area contributed by atoms with Crippen LogP contribution in [0.1, 0.15) is 44.9 Å². The van der Waals surface area contributed by atoms with Gasteiger partial charge in [-0.25, -0.2) is 0 Å². The van der Waals surface area contributed by atoms with Gasteiger partial charge in [-0.15, -0.1) is 11.8 Å². The van der Waals surface area contributed by atoms with Crippen molar-refractivity contribution in [3.05, 3.63) is 11.8 Å². The molecule has 130 valence electrons. The number of allylic oxidation sites excluding steroid dienone is 1. The van der Waals surface area contributed by atoms with E-state index in [0.29, 0.717) is 18.6 Å². The molecule has 2 fully saturated rings. The van der Waals surface area contributed by atoms with Crippen LogP contribution in [0.15, 0.2) is 16.8 Å². The van der Waals surface area contributed by atoms with E-state index in [9.17, 15) is 14.7 Å². The molecule has 24 heavy (non-hydrogen) atoms. The van der Waals surface area contributed by atoms with Gasteiger partial charge in [-0.05, 0) is 12.8 Å². The number of carbonyl (C=O) groups excluding carboxylic acids is 2. The molecule has 4 atom stereocenters. The third-order valence-electron chi connectivity index (χ3n) is 5.93. The van der Waals surface area contributed by atoms with E-state index >= 15 is 0 Å². The maximum atomic E-state index is 12.9. The average molecular weight is 348 g/mol. The first-order valence-corrected chi connectivity index (χ1v) is 9.98. The van der Waals surface area contributed by atoms with Crippen molar-refractivity contribution in [1.29, 1.82) is 0 Å². The van der Waals surface area contributed by atoms with E-state index in [1.807, 2.05) is 6.08 Å². The molecule has 1 saturated carbocycles. The smallest absolute Gasteiger partial charge is 0.224 e. The SMILES string of the molecule is O=C1CC=C2N=CC(O)C3C(C(=O)NC4CCCCC4)CSC23C1. The molecule has 0 radical (unpaired) electrons. The number of amides is 1. The molecule has 0 aromatic carbocycles. The van der Waals surface area contributed by atoms with Crippen molar-refractivity contribution in [2.75, 3.05) is 5.75 Å². The average Bonchev–Trinajstić information content (AvgIpc) is 2.95. The van der Waals surface area contributed by atoms with Crippen molar-refractivity contribution in [3.8, 4) is 0 Å². The van der Waals surface area contributed by atoms with Crippen molar-refractivity contribution >= 4 is 29.7 Å². The van der Waals surface area contributed by atoms with Gasteiger partial charge in [-0.2, -0.15) is 0 Å². The highest BCUT2D eigenvalue weighted by Gasteiger charge is 2.59. The lowest BCUT2D eigenvalue weighted by Crippen LogP contribution is -2.52. The maximum absolute atomic E-state index is 12.9. The second kappa shape index (κ2) is 6.30. The van der Waals surface area contributed by atoms with Crippen molar-refractivity contribution < 1.29 is 14.7 Å². The Bertz CT molecular complexity index is 611. The Kier molecular flexibility index (Phi) is 4.29. The molecule has 2 N–H and O–H groups in total. The van der Waals surface area contributed by atoms with Crippen molar-refractivity contribution in [3.63, 3.8) is 0 Å². The first kappa shape index (κ1) is 16.3. The number of hydrogen-bond donors (Lipinski definition) is 2. The number of carbonyl (C=O) groups is 2.